The number of hydrogen-bond donors (Lipinski definition) is 4. The molecule has 0 radical (unpaired) electrons. The van der Waals surface area contributed by atoms with Crippen LogP contribution in [0.15, 0.2) is 70.6 Å². The quantitative estimate of drug-likeness (QED) is 0.152. The minimum Gasteiger partial charge on any atom is -0.370 e. The Morgan fingerprint density at radius 3 is 1.63 bits per heavy atom. The standard InChI is InChI=1S/C25H34N8O2/c26-22(27)30-13-7-15-32-21(34)25(17-19-9-3-1-4-10-19,18-20-11-5-2-6-12-20)33(24(32)35)16-8-14-31-23(28)29/h1-6,9-12H,7-8,13-18H2,(H4,26,27,30)(H4,28,29,31). The third-order valence-electron chi connectivity index (χ3n) is 5.97. The van der Waals surface area contributed by atoms with E-state index in [0.29, 0.717) is 45.3 Å². The van der Waals surface area contributed by atoms with Gasteiger partial charge in [0.1, 0.15) is 5.54 Å². The molecular weight excluding hydrogens is 444 g/mol. The van der Waals surface area contributed by atoms with Gasteiger partial charge in [-0.3, -0.25) is 19.7 Å². The number of urea groups is 1. The Labute approximate surface area is 205 Å². The number of guanidine groups is 2. The molecule has 1 aliphatic heterocycles. The van der Waals surface area contributed by atoms with Crippen molar-refractivity contribution in [2.24, 2.45) is 32.9 Å². The summed E-state index contributed by atoms with van der Waals surface area (Å²) in [6.45, 7) is 1.25. The normalized spacial score (nSPS) is 14.7. The molecule has 186 valence electrons. The van der Waals surface area contributed by atoms with Gasteiger partial charge in [0.25, 0.3) is 5.91 Å². The van der Waals surface area contributed by atoms with Crippen LogP contribution in [-0.4, -0.2) is 65.4 Å². The number of amides is 3. The molecule has 10 nitrogen and oxygen atoms in total. The van der Waals surface area contributed by atoms with Crippen LogP contribution in [0.25, 0.3) is 0 Å². The molecule has 0 atom stereocenters. The van der Waals surface area contributed by atoms with E-state index in [9.17, 15) is 9.59 Å². The van der Waals surface area contributed by atoms with Crippen molar-refractivity contribution in [1.82, 2.24) is 9.80 Å². The lowest BCUT2D eigenvalue weighted by Gasteiger charge is -2.36. The van der Waals surface area contributed by atoms with E-state index >= 15 is 0 Å². The van der Waals surface area contributed by atoms with Gasteiger partial charge >= 0.3 is 6.03 Å². The third kappa shape index (κ3) is 6.50. The van der Waals surface area contributed by atoms with Gasteiger partial charge in [-0.25, -0.2) is 4.79 Å². The lowest BCUT2D eigenvalue weighted by atomic mass is 9.83. The number of rotatable bonds is 12. The molecule has 3 rings (SSSR count). The average molecular weight is 479 g/mol. The molecule has 2 aromatic carbocycles. The van der Waals surface area contributed by atoms with Gasteiger partial charge in [0.15, 0.2) is 11.9 Å². The zero-order chi connectivity index (χ0) is 25.3. The van der Waals surface area contributed by atoms with Crippen LogP contribution in [0.4, 0.5) is 4.79 Å². The van der Waals surface area contributed by atoms with E-state index in [0.717, 1.165) is 11.1 Å². The fourth-order valence-corrected chi connectivity index (χ4v) is 4.43. The number of imide groups is 1. The summed E-state index contributed by atoms with van der Waals surface area (Å²) in [5, 5.41) is 0. The van der Waals surface area contributed by atoms with Crippen LogP contribution in [0.2, 0.25) is 0 Å². The van der Waals surface area contributed by atoms with Gasteiger partial charge in [0, 0.05) is 39.0 Å². The molecule has 1 saturated heterocycles. The molecular formula is C25H34N8O2. The van der Waals surface area contributed by atoms with Crippen LogP contribution in [0.1, 0.15) is 24.0 Å². The smallest absolute Gasteiger partial charge is 0.327 e. The van der Waals surface area contributed by atoms with Crippen molar-refractivity contribution in [1.29, 1.82) is 0 Å². The van der Waals surface area contributed by atoms with E-state index in [-0.39, 0.29) is 30.4 Å². The van der Waals surface area contributed by atoms with E-state index in [2.05, 4.69) is 9.98 Å². The molecule has 10 heteroatoms. The molecule has 1 fully saturated rings. The Morgan fingerprint density at radius 2 is 1.17 bits per heavy atom. The molecule has 0 bridgehead atoms. The molecule has 3 amide bonds. The van der Waals surface area contributed by atoms with E-state index in [4.69, 9.17) is 22.9 Å². The molecule has 0 unspecified atom stereocenters. The van der Waals surface area contributed by atoms with Crippen LogP contribution in [0, 0.1) is 0 Å². The first-order valence-corrected chi connectivity index (χ1v) is 11.7. The fourth-order valence-electron chi connectivity index (χ4n) is 4.43. The first kappa shape index (κ1) is 25.5. The highest BCUT2D eigenvalue weighted by Gasteiger charge is 2.56. The van der Waals surface area contributed by atoms with Crippen molar-refractivity contribution in [3.8, 4) is 0 Å². The van der Waals surface area contributed by atoms with Gasteiger partial charge in [-0.05, 0) is 24.0 Å². The topological polar surface area (TPSA) is 169 Å². The second kappa shape index (κ2) is 11.9. The molecule has 1 heterocycles. The summed E-state index contributed by atoms with van der Waals surface area (Å²) in [6.07, 6.45) is 1.76. The monoisotopic (exact) mass is 478 g/mol. The van der Waals surface area contributed by atoms with E-state index in [1.165, 1.54) is 4.90 Å². The summed E-state index contributed by atoms with van der Waals surface area (Å²) in [5.74, 6) is -0.246. The largest absolute Gasteiger partial charge is 0.370 e. The van der Waals surface area contributed by atoms with Crippen molar-refractivity contribution in [2.75, 3.05) is 26.2 Å². The van der Waals surface area contributed by atoms with Crippen LogP contribution < -0.4 is 22.9 Å². The minimum atomic E-state index is -1.08. The summed E-state index contributed by atoms with van der Waals surface area (Å²) >= 11 is 0. The Hall–Kier alpha value is -4.08. The Morgan fingerprint density at radius 1 is 0.714 bits per heavy atom. The maximum atomic E-state index is 14.0. The predicted octanol–water partition coefficient (Wildman–Crippen LogP) is 0.802. The summed E-state index contributed by atoms with van der Waals surface area (Å²) in [4.78, 5) is 38.7. The molecule has 0 aliphatic carbocycles. The van der Waals surface area contributed by atoms with Gasteiger partial charge < -0.3 is 27.8 Å². The zero-order valence-electron chi connectivity index (χ0n) is 19.8. The maximum absolute atomic E-state index is 14.0. The Bertz CT molecular complexity index is 1010. The first-order chi connectivity index (χ1) is 16.8. The van der Waals surface area contributed by atoms with E-state index in [1.54, 1.807) is 4.90 Å². The van der Waals surface area contributed by atoms with Gasteiger partial charge in [-0.15, -0.1) is 0 Å². The Kier molecular flexibility index (Phi) is 8.66. The minimum absolute atomic E-state index is 0.00461. The first-order valence-electron chi connectivity index (χ1n) is 11.7. The number of aliphatic imine (C=N–C) groups is 2. The van der Waals surface area contributed by atoms with Crippen LogP contribution in [0.5, 0.6) is 0 Å². The highest BCUT2D eigenvalue weighted by molar-refractivity contribution is 6.07. The van der Waals surface area contributed by atoms with Crippen LogP contribution in [-0.2, 0) is 17.6 Å². The fraction of sp³-hybridized carbons (Fsp3) is 0.360. The van der Waals surface area contributed by atoms with Gasteiger partial charge in [-0.2, -0.15) is 0 Å². The van der Waals surface area contributed by atoms with Crippen molar-refractivity contribution in [3.05, 3.63) is 71.8 Å². The lowest BCUT2D eigenvalue weighted by molar-refractivity contribution is -0.133. The van der Waals surface area contributed by atoms with E-state index < -0.39 is 5.54 Å². The molecule has 35 heavy (non-hydrogen) atoms. The molecule has 2 aromatic rings. The van der Waals surface area contributed by atoms with E-state index in [1.807, 2.05) is 60.7 Å². The maximum Gasteiger partial charge on any atom is 0.327 e. The molecule has 0 spiro atoms. The third-order valence-corrected chi connectivity index (χ3v) is 5.97. The van der Waals surface area contributed by atoms with Gasteiger partial charge in [0.2, 0.25) is 0 Å². The second-order valence-electron chi connectivity index (χ2n) is 8.57. The molecule has 0 aromatic heterocycles. The summed E-state index contributed by atoms with van der Waals surface area (Å²) in [6, 6.07) is 19.2. The SMILES string of the molecule is NC(N)=NCCCN1C(=O)N(CCCN=C(N)N)C(Cc2ccccc2)(Cc2ccccc2)C1=O. The van der Waals surface area contributed by atoms with Crippen molar-refractivity contribution in [3.63, 3.8) is 0 Å². The Balaban J connectivity index is 1.97. The second-order valence-corrected chi connectivity index (χ2v) is 8.57. The number of nitrogens with two attached hydrogens (primary N) is 4. The summed E-state index contributed by atoms with van der Waals surface area (Å²) in [5.41, 5.74) is 22.6. The van der Waals surface area contributed by atoms with Crippen molar-refractivity contribution < 1.29 is 9.59 Å². The summed E-state index contributed by atoms with van der Waals surface area (Å²) in [7, 11) is 0. The molecule has 8 N–H and O–H groups in total. The average Bonchev–Trinajstić information content (AvgIpc) is 3.01. The number of benzene rings is 2. The van der Waals surface area contributed by atoms with Crippen molar-refractivity contribution in [2.45, 2.75) is 31.2 Å². The molecule has 0 saturated carbocycles. The highest BCUT2D eigenvalue weighted by Crippen LogP contribution is 2.35. The van der Waals surface area contributed by atoms with Crippen molar-refractivity contribution >= 4 is 23.9 Å². The van der Waals surface area contributed by atoms with Crippen LogP contribution in [0.3, 0.4) is 0 Å². The zero-order valence-corrected chi connectivity index (χ0v) is 19.8. The van der Waals surface area contributed by atoms with Gasteiger partial charge in [0.05, 0.1) is 0 Å². The highest BCUT2D eigenvalue weighted by atomic mass is 16.2. The number of hydrogen-bond acceptors (Lipinski definition) is 4. The number of carbonyl (C=O) groups excluding carboxylic acids is 2. The lowest BCUT2D eigenvalue weighted by Crippen LogP contribution is -2.53. The van der Waals surface area contributed by atoms with Gasteiger partial charge in [-0.1, -0.05) is 60.7 Å². The number of carbonyl (C=O) groups is 2. The van der Waals surface area contributed by atoms with Crippen LogP contribution >= 0.6 is 0 Å². The predicted molar refractivity (Wildman–Crippen MR) is 137 cm³/mol. The number of nitrogens with zero attached hydrogens (tertiary/aromatic N) is 4. The molecule has 1 aliphatic rings. The summed E-state index contributed by atoms with van der Waals surface area (Å²) < 4.78 is 0.